The Morgan fingerprint density at radius 3 is 2.80 bits per heavy atom. The van der Waals surface area contributed by atoms with Crippen LogP contribution in [-0.4, -0.2) is 46.0 Å². The van der Waals surface area contributed by atoms with Crippen molar-refractivity contribution in [1.82, 2.24) is 20.4 Å². The van der Waals surface area contributed by atoms with Gasteiger partial charge in [0.15, 0.2) is 5.82 Å². The van der Waals surface area contributed by atoms with E-state index in [0.29, 0.717) is 37.6 Å². The summed E-state index contributed by atoms with van der Waals surface area (Å²) in [6.07, 6.45) is 0.863. The molecule has 0 spiro atoms. The van der Waals surface area contributed by atoms with Crippen LogP contribution in [0, 0.1) is 12.8 Å². The third-order valence-electron chi connectivity index (χ3n) is 3.34. The molecular formula is C13H20N4O3. The molecule has 1 aliphatic heterocycles. The van der Waals surface area contributed by atoms with Gasteiger partial charge in [-0.15, -0.1) is 0 Å². The van der Waals surface area contributed by atoms with Crippen LogP contribution >= 0.6 is 0 Å². The first-order valence-corrected chi connectivity index (χ1v) is 6.84. The molecule has 2 rings (SSSR count). The number of amides is 2. The van der Waals surface area contributed by atoms with Crippen molar-refractivity contribution < 1.29 is 14.1 Å². The van der Waals surface area contributed by atoms with Crippen molar-refractivity contribution >= 4 is 11.8 Å². The largest absolute Gasteiger partial charge is 0.344 e. The van der Waals surface area contributed by atoms with Crippen molar-refractivity contribution in [3.8, 4) is 0 Å². The quantitative estimate of drug-likeness (QED) is 0.856. The zero-order valence-corrected chi connectivity index (χ0v) is 12.0. The SMILES string of the molecule is Cc1nc(CCN2CCC(=O)NC(C(C)C)C2=O)no1. The number of carbonyl (C=O) groups excluding carboxylic acids is 2. The summed E-state index contributed by atoms with van der Waals surface area (Å²) in [6, 6.07) is -0.447. The zero-order valence-electron chi connectivity index (χ0n) is 12.0. The molecule has 0 saturated carbocycles. The van der Waals surface area contributed by atoms with E-state index < -0.39 is 6.04 Å². The molecule has 7 heteroatoms. The maximum Gasteiger partial charge on any atom is 0.245 e. The normalized spacial score (nSPS) is 20.2. The Bertz CT molecular complexity index is 498. The Kier molecular flexibility index (Phi) is 4.36. The van der Waals surface area contributed by atoms with Gasteiger partial charge in [0, 0.05) is 32.9 Å². The van der Waals surface area contributed by atoms with E-state index in [1.807, 2.05) is 13.8 Å². The van der Waals surface area contributed by atoms with Crippen LogP contribution in [0.4, 0.5) is 0 Å². The van der Waals surface area contributed by atoms with Crippen LogP contribution in [-0.2, 0) is 16.0 Å². The van der Waals surface area contributed by atoms with Gasteiger partial charge < -0.3 is 14.7 Å². The lowest BCUT2D eigenvalue weighted by Gasteiger charge is -2.25. The molecule has 110 valence electrons. The van der Waals surface area contributed by atoms with E-state index in [9.17, 15) is 9.59 Å². The molecule has 1 unspecified atom stereocenters. The first-order chi connectivity index (χ1) is 9.47. The highest BCUT2D eigenvalue weighted by molar-refractivity contribution is 5.90. The lowest BCUT2D eigenvalue weighted by atomic mass is 10.0. The van der Waals surface area contributed by atoms with Crippen molar-refractivity contribution in [2.24, 2.45) is 5.92 Å². The fourth-order valence-electron chi connectivity index (χ4n) is 2.20. The van der Waals surface area contributed by atoms with Gasteiger partial charge in [-0.25, -0.2) is 0 Å². The van der Waals surface area contributed by atoms with Gasteiger partial charge in [0.2, 0.25) is 17.7 Å². The molecule has 1 atom stereocenters. The summed E-state index contributed by atoms with van der Waals surface area (Å²) in [5, 5.41) is 6.59. The molecule has 1 saturated heterocycles. The predicted molar refractivity (Wildman–Crippen MR) is 70.7 cm³/mol. The van der Waals surface area contributed by atoms with Crippen LogP contribution in [0.3, 0.4) is 0 Å². The summed E-state index contributed by atoms with van der Waals surface area (Å²) >= 11 is 0. The molecule has 1 aromatic heterocycles. The Morgan fingerprint density at radius 1 is 1.45 bits per heavy atom. The summed E-state index contributed by atoms with van der Waals surface area (Å²) in [7, 11) is 0. The summed E-state index contributed by atoms with van der Waals surface area (Å²) in [6.45, 7) is 6.51. The Balaban J connectivity index is 2.01. The van der Waals surface area contributed by atoms with Gasteiger partial charge in [0.1, 0.15) is 6.04 Å². The van der Waals surface area contributed by atoms with Crippen molar-refractivity contribution in [1.29, 1.82) is 0 Å². The molecular weight excluding hydrogens is 260 g/mol. The smallest absolute Gasteiger partial charge is 0.245 e. The van der Waals surface area contributed by atoms with Gasteiger partial charge in [0.25, 0.3) is 0 Å². The molecule has 0 aliphatic carbocycles. The van der Waals surface area contributed by atoms with Gasteiger partial charge >= 0.3 is 0 Å². The van der Waals surface area contributed by atoms with Crippen LogP contribution in [0.2, 0.25) is 0 Å². The van der Waals surface area contributed by atoms with Crippen LogP contribution < -0.4 is 5.32 Å². The minimum atomic E-state index is -0.447. The standard InChI is InChI=1S/C13H20N4O3/c1-8(2)12-13(19)17(7-5-11(18)15-12)6-4-10-14-9(3)20-16-10/h8,12H,4-7H2,1-3H3,(H,15,18). The fraction of sp³-hybridized carbons (Fsp3) is 0.692. The Morgan fingerprint density at radius 2 is 2.20 bits per heavy atom. The van der Waals surface area contributed by atoms with Gasteiger partial charge in [-0.1, -0.05) is 19.0 Å². The van der Waals surface area contributed by atoms with Gasteiger partial charge in [-0.05, 0) is 5.92 Å². The van der Waals surface area contributed by atoms with Crippen molar-refractivity contribution in [3.05, 3.63) is 11.7 Å². The molecule has 2 heterocycles. The Hall–Kier alpha value is -1.92. The van der Waals surface area contributed by atoms with E-state index in [0.717, 1.165) is 0 Å². The third-order valence-corrected chi connectivity index (χ3v) is 3.34. The van der Waals surface area contributed by atoms with Gasteiger partial charge in [0.05, 0.1) is 0 Å². The summed E-state index contributed by atoms with van der Waals surface area (Å²) in [5.74, 6) is 1.06. The average Bonchev–Trinajstić information content (AvgIpc) is 2.74. The van der Waals surface area contributed by atoms with E-state index in [2.05, 4.69) is 15.5 Å². The molecule has 20 heavy (non-hydrogen) atoms. The molecule has 2 amide bonds. The zero-order chi connectivity index (χ0) is 14.7. The molecule has 0 bridgehead atoms. The number of aromatic nitrogens is 2. The van der Waals surface area contributed by atoms with Gasteiger partial charge in [-0.2, -0.15) is 4.98 Å². The number of hydrogen-bond acceptors (Lipinski definition) is 5. The number of nitrogens with one attached hydrogen (secondary N) is 1. The lowest BCUT2D eigenvalue weighted by molar-refractivity contribution is -0.134. The van der Waals surface area contributed by atoms with Gasteiger partial charge in [-0.3, -0.25) is 9.59 Å². The van der Waals surface area contributed by atoms with E-state index in [1.165, 1.54) is 0 Å². The van der Waals surface area contributed by atoms with Crippen LogP contribution in [0.15, 0.2) is 4.52 Å². The number of nitrogens with zero attached hydrogens (tertiary/aromatic N) is 3. The molecule has 1 fully saturated rings. The molecule has 1 N–H and O–H groups in total. The van der Waals surface area contributed by atoms with E-state index >= 15 is 0 Å². The van der Waals surface area contributed by atoms with E-state index in [4.69, 9.17) is 4.52 Å². The first kappa shape index (κ1) is 14.5. The monoisotopic (exact) mass is 280 g/mol. The summed E-state index contributed by atoms with van der Waals surface area (Å²) < 4.78 is 4.90. The van der Waals surface area contributed by atoms with Crippen molar-refractivity contribution in [2.45, 2.75) is 39.7 Å². The molecule has 7 nitrogen and oxygen atoms in total. The Labute approximate surface area is 117 Å². The number of carbonyl (C=O) groups is 2. The topological polar surface area (TPSA) is 88.3 Å². The molecule has 0 aromatic carbocycles. The summed E-state index contributed by atoms with van der Waals surface area (Å²) in [4.78, 5) is 29.9. The van der Waals surface area contributed by atoms with Crippen molar-refractivity contribution in [2.75, 3.05) is 13.1 Å². The van der Waals surface area contributed by atoms with Crippen molar-refractivity contribution in [3.63, 3.8) is 0 Å². The second kappa shape index (κ2) is 6.02. The molecule has 0 radical (unpaired) electrons. The number of hydrogen-bond donors (Lipinski definition) is 1. The highest BCUT2D eigenvalue weighted by atomic mass is 16.5. The second-order valence-corrected chi connectivity index (χ2v) is 5.34. The maximum absolute atomic E-state index is 12.4. The first-order valence-electron chi connectivity index (χ1n) is 6.84. The third kappa shape index (κ3) is 3.34. The highest BCUT2D eigenvalue weighted by Crippen LogP contribution is 2.11. The fourth-order valence-corrected chi connectivity index (χ4v) is 2.20. The molecule has 1 aliphatic rings. The minimum absolute atomic E-state index is 0.0360. The van der Waals surface area contributed by atoms with Crippen LogP contribution in [0.25, 0.3) is 0 Å². The number of aryl methyl sites for hydroxylation is 1. The molecule has 1 aromatic rings. The average molecular weight is 280 g/mol. The second-order valence-electron chi connectivity index (χ2n) is 5.34. The van der Waals surface area contributed by atoms with E-state index in [1.54, 1.807) is 11.8 Å². The highest BCUT2D eigenvalue weighted by Gasteiger charge is 2.31. The summed E-state index contributed by atoms with van der Waals surface area (Å²) in [5.41, 5.74) is 0. The van der Waals surface area contributed by atoms with E-state index in [-0.39, 0.29) is 17.7 Å². The predicted octanol–water partition coefficient (Wildman–Crippen LogP) is 0.294. The van der Waals surface area contributed by atoms with Crippen LogP contribution in [0.1, 0.15) is 32.0 Å². The number of rotatable bonds is 4. The lowest BCUT2D eigenvalue weighted by Crippen LogP contribution is -2.48. The minimum Gasteiger partial charge on any atom is -0.344 e. The van der Waals surface area contributed by atoms with Crippen LogP contribution in [0.5, 0.6) is 0 Å². The maximum atomic E-state index is 12.4.